The summed E-state index contributed by atoms with van der Waals surface area (Å²) in [6.07, 6.45) is 1.90. The van der Waals surface area contributed by atoms with Crippen LogP contribution in [-0.4, -0.2) is 42.3 Å². The van der Waals surface area contributed by atoms with Gasteiger partial charge in [0, 0.05) is 20.1 Å². The van der Waals surface area contributed by atoms with E-state index in [4.69, 9.17) is 5.11 Å². The molecule has 1 saturated carbocycles. The number of hydrogen-bond donors (Lipinski definition) is 3. The van der Waals surface area contributed by atoms with Gasteiger partial charge in [-0.15, -0.1) is 0 Å². The molecule has 0 radical (unpaired) electrons. The quantitative estimate of drug-likeness (QED) is 0.579. The smallest absolute Gasteiger partial charge is 0.329 e. The molecule has 1 rings (SSSR count). The summed E-state index contributed by atoms with van der Waals surface area (Å²) in [5.74, 6) is -1.08. The maximum atomic E-state index is 11.3. The van der Waals surface area contributed by atoms with Gasteiger partial charge in [-0.1, -0.05) is 0 Å². The molecule has 86 valence electrons. The molecule has 6 heteroatoms. The van der Waals surface area contributed by atoms with Gasteiger partial charge in [0.25, 0.3) is 0 Å². The van der Waals surface area contributed by atoms with E-state index in [1.54, 1.807) is 19.1 Å². The number of carboxylic acid groups (broad SMARTS) is 1. The van der Waals surface area contributed by atoms with E-state index in [1.807, 2.05) is 0 Å². The zero-order valence-electron chi connectivity index (χ0n) is 8.99. The minimum atomic E-state index is -0.771. The molecule has 0 heterocycles. The third kappa shape index (κ3) is 3.75. The van der Waals surface area contributed by atoms with Crippen LogP contribution in [0.5, 0.6) is 0 Å². The molecule has 0 aromatic carbocycles. The molecule has 0 aliphatic heterocycles. The lowest BCUT2D eigenvalue weighted by Crippen LogP contribution is -2.46. The molecule has 0 aromatic heterocycles. The number of carboxylic acids is 1. The summed E-state index contributed by atoms with van der Waals surface area (Å²) in [5, 5.41) is 13.1. The SMILES string of the molecule is CN(C)NC(=O)N[C@H]1CC[C@@H](C(=O)O)C1. The van der Waals surface area contributed by atoms with Gasteiger partial charge in [-0.2, -0.15) is 0 Å². The molecule has 0 saturated heterocycles. The number of aliphatic carboxylic acids is 1. The molecule has 3 N–H and O–H groups in total. The van der Waals surface area contributed by atoms with Crippen molar-refractivity contribution in [3.8, 4) is 0 Å². The fourth-order valence-electron chi connectivity index (χ4n) is 1.76. The first kappa shape index (κ1) is 11.8. The van der Waals surface area contributed by atoms with Crippen molar-refractivity contribution in [3.05, 3.63) is 0 Å². The molecule has 0 aromatic rings. The fourth-order valence-corrected chi connectivity index (χ4v) is 1.76. The fraction of sp³-hybridized carbons (Fsp3) is 0.778. The predicted octanol–water partition coefficient (Wildman–Crippen LogP) is 0.0155. The van der Waals surface area contributed by atoms with Crippen molar-refractivity contribution < 1.29 is 14.7 Å². The van der Waals surface area contributed by atoms with Crippen molar-refractivity contribution in [2.75, 3.05) is 14.1 Å². The molecule has 1 aliphatic carbocycles. The topological polar surface area (TPSA) is 81.7 Å². The number of urea groups is 1. The number of rotatable bonds is 3. The second-order valence-corrected chi connectivity index (χ2v) is 4.02. The zero-order chi connectivity index (χ0) is 11.4. The highest BCUT2D eigenvalue weighted by molar-refractivity contribution is 5.74. The van der Waals surface area contributed by atoms with E-state index in [9.17, 15) is 9.59 Å². The molecule has 0 unspecified atom stereocenters. The molecule has 1 aliphatic rings. The molecule has 2 amide bonds. The number of amides is 2. The van der Waals surface area contributed by atoms with E-state index in [0.29, 0.717) is 12.8 Å². The van der Waals surface area contributed by atoms with Gasteiger partial charge in [0.1, 0.15) is 0 Å². The van der Waals surface area contributed by atoms with Crippen molar-refractivity contribution >= 4 is 12.0 Å². The molecule has 1 fully saturated rings. The van der Waals surface area contributed by atoms with Crippen LogP contribution in [0, 0.1) is 5.92 Å². The Morgan fingerprint density at radius 3 is 2.47 bits per heavy atom. The molecule has 0 bridgehead atoms. The zero-order valence-corrected chi connectivity index (χ0v) is 8.99. The van der Waals surface area contributed by atoms with Crippen LogP contribution >= 0.6 is 0 Å². The van der Waals surface area contributed by atoms with Crippen molar-refractivity contribution in [2.24, 2.45) is 5.92 Å². The van der Waals surface area contributed by atoms with Crippen LogP contribution in [0.4, 0.5) is 4.79 Å². The molecule has 6 nitrogen and oxygen atoms in total. The minimum Gasteiger partial charge on any atom is -0.481 e. The monoisotopic (exact) mass is 215 g/mol. The maximum absolute atomic E-state index is 11.3. The highest BCUT2D eigenvalue weighted by Gasteiger charge is 2.30. The summed E-state index contributed by atoms with van der Waals surface area (Å²) in [6, 6.07) is -0.304. The van der Waals surface area contributed by atoms with Gasteiger partial charge in [0.05, 0.1) is 5.92 Å². The van der Waals surface area contributed by atoms with E-state index in [1.165, 1.54) is 0 Å². The number of carbonyl (C=O) groups excluding carboxylic acids is 1. The van der Waals surface area contributed by atoms with Gasteiger partial charge in [-0.3, -0.25) is 10.2 Å². The highest BCUT2D eigenvalue weighted by Crippen LogP contribution is 2.25. The van der Waals surface area contributed by atoms with Crippen LogP contribution in [0.2, 0.25) is 0 Å². The van der Waals surface area contributed by atoms with Gasteiger partial charge in [0.15, 0.2) is 0 Å². The third-order valence-electron chi connectivity index (χ3n) is 2.44. The second-order valence-electron chi connectivity index (χ2n) is 4.02. The predicted molar refractivity (Wildman–Crippen MR) is 54.1 cm³/mol. The first-order valence-corrected chi connectivity index (χ1v) is 4.96. The Balaban J connectivity index is 2.30. The van der Waals surface area contributed by atoms with Crippen molar-refractivity contribution in [3.63, 3.8) is 0 Å². The van der Waals surface area contributed by atoms with E-state index in [2.05, 4.69) is 10.7 Å². The standard InChI is InChI=1S/C9H17N3O3/c1-12(2)11-9(15)10-7-4-3-6(5-7)8(13)14/h6-7H,3-5H2,1-2H3,(H,13,14)(H2,10,11,15)/t6-,7+/m1/s1. The van der Waals surface area contributed by atoms with Gasteiger partial charge in [-0.25, -0.2) is 9.80 Å². The van der Waals surface area contributed by atoms with Crippen molar-refractivity contribution in [1.29, 1.82) is 0 Å². The van der Waals surface area contributed by atoms with Crippen molar-refractivity contribution in [1.82, 2.24) is 15.8 Å². The summed E-state index contributed by atoms with van der Waals surface area (Å²) in [7, 11) is 3.43. The number of nitrogens with one attached hydrogen (secondary N) is 2. The lowest BCUT2D eigenvalue weighted by Gasteiger charge is -2.16. The third-order valence-corrected chi connectivity index (χ3v) is 2.44. The van der Waals surface area contributed by atoms with Crippen LogP contribution in [0.3, 0.4) is 0 Å². The Bertz CT molecular complexity index is 255. The van der Waals surface area contributed by atoms with Crippen LogP contribution in [0.25, 0.3) is 0 Å². The lowest BCUT2D eigenvalue weighted by molar-refractivity contribution is -0.141. The van der Waals surface area contributed by atoms with Crippen LogP contribution < -0.4 is 10.7 Å². The molecular weight excluding hydrogens is 198 g/mol. The Morgan fingerprint density at radius 1 is 1.33 bits per heavy atom. The van der Waals surface area contributed by atoms with Crippen molar-refractivity contribution in [2.45, 2.75) is 25.3 Å². The van der Waals surface area contributed by atoms with Gasteiger partial charge in [-0.05, 0) is 19.3 Å². The number of hydrogen-bond acceptors (Lipinski definition) is 3. The lowest BCUT2D eigenvalue weighted by atomic mass is 10.1. The molecule has 2 atom stereocenters. The Kier molecular flexibility index (Phi) is 3.90. The maximum Gasteiger partial charge on any atom is 0.329 e. The summed E-state index contributed by atoms with van der Waals surface area (Å²) < 4.78 is 0. The molecule has 15 heavy (non-hydrogen) atoms. The van der Waals surface area contributed by atoms with Gasteiger partial charge >= 0.3 is 12.0 Å². The highest BCUT2D eigenvalue weighted by atomic mass is 16.4. The Labute approximate surface area is 88.6 Å². The van der Waals surface area contributed by atoms with Crippen LogP contribution in [-0.2, 0) is 4.79 Å². The van der Waals surface area contributed by atoms with Gasteiger partial charge in [0.2, 0.25) is 0 Å². The average molecular weight is 215 g/mol. The number of nitrogens with zero attached hydrogens (tertiary/aromatic N) is 1. The summed E-state index contributed by atoms with van der Waals surface area (Å²) >= 11 is 0. The molecular formula is C9H17N3O3. The Morgan fingerprint density at radius 2 is 2.00 bits per heavy atom. The van der Waals surface area contributed by atoms with Crippen LogP contribution in [0.15, 0.2) is 0 Å². The van der Waals surface area contributed by atoms with E-state index < -0.39 is 5.97 Å². The van der Waals surface area contributed by atoms with Gasteiger partial charge < -0.3 is 10.4 Å². The van der Waals surface area contributed by atoms with Crippen LogP contribution in [0.1, 0.15) is 19.3 Å². The normalized spacial score (nSPS) is 25.3. The second kappa shape index (κ2) is 4.97. The average Bonchev–Trinajstić information content (AvgIpc) is 2.50. The van der Waals surface area contributed by atoms with E-state index >= 15 is 0 Å². The minimum absolute atomic E-state index is 0.0222. The first-order chi connectivity index (χ1) is 6.99. The van der Waals surface area contributed by atoms with E-state index in [0.717, 1.165) is 6.42 Å². The summed E-state index contributed by atoms with van der Waals surface area (Å²) in [6.45, 7) is 0. The first-order valence-electron chi connectivity index (χ1n) is 4.96. The summed E-state index contributed by atoms with van der Waals surface area (Å²) in [4.78, 5) is 21.9. The van der Waals surface area contributed by atoms with E-state index in [-0.39, 0.29) is 18.0 Å². The largest absolute Gasteiger partial charge is 0.481 e. The number of hydrazine groups is 1. The Hall–Kier alpha value is -1.30. The number of carbonyl (C=O) groups is 2. The summed E-state index contributed by atoms with van der Waals surface area (Å²) in [5.41, 5.74) is 2.55. The molecule has 0 spiro atoms.